The summed E-state index contributed by atoms with van der Waals surface area (Å²) < 4.78 is 0. The molecule has 0 amide bonds. The molecule has 15 heavy (non-hydrogen) atoms. The van der Waals surface area contributed by atoms with Crippen molar-refractivity contribution in [3.05, 3.63) is 11.8 Å². The molecule has 0 N–H and O–H groups in total. The zero-order chi connectivity index (χ0) is 10.8. The van der Waals surface area contributed by atoms with Gasteiger partial charge >= 0.3 is 0 Å². The second kappa shape index (κ2) is 4.40. The molecule has 1 unspecified atom stereocenters. The van der Waals surface area contributed by atoms with Gasteiger partial charge in [0.05, 0.1) is 5.51 Å². The Morgan fingerprint density at radius 2 is 2.27 bits per heavy atom. The molecule has 0 saturated carbocycles. The first kappa shape index (κ1) is 10.8. The lowest BCUT2D eigenvalue weighted by Gasteiger charge is -2.23. The van der Waals surface area contributed by atoms with Gasteiger partial charge in [-0.25, -0.2) is 15.0 Å². The molecule has 0 fully saturated rings. The van der Waals surface area contributed by atoms with Gasteiger partial charge in [0.1, 0.15) is 16.7 Å². The van der Waals surface area contributed by atoms with Crippen molar-refractivity contribution in [2.45, 2.75) is 13.0 Å². The van der Waals surface area contributed by atoms with Gasteiger partial charge in [0.2, 0.25) is 0 Å². The van der Waals surface area contributed by atoms with Crippen molar-refractivity contribution in [2.24, 2.45) is 0 Å². The van der Waals surface area contributed by atoms with Crippen LogP contribution in [-0.4, -0.2) is 33.4 Å². The topological polar surface area (TPSA) is 41.9 Å². The Balaban J connectivity index is 2.46. The summed E-state index contributed by atoms with van der Waals surface area (Å²) >= 11 is 5.00. The van der Waals surface area contributed by atoms with E-state index in [2.05, 4.69) is 42.7 Å². The van der Waals surface area contributed by atoms with Gasteiger partial charge in [-0.15, -0.1) is 11.3 Å². The van der Waals surface area contributed by atoms with Crippen LogP contribution in [0.3, 0.4) is 0 Å². The second-order valence-electron chi connectivity index (χ2n) is 3.32. The molecule has 0 bridgehead atoms. The van der Waals surface area contributed by atoms with E-state index in [9.17, 15) is 0 Å². The van der Waals surface area contributed by atoms with Crippen LogP contribution in [0.15, 0.2) is 11.8 Å². The molecular weight excluding hydrogens is 276 g/mol. The minimum atomic E-state index is 0.379. The van der Waals surface area contributed by atoms with Gasteiger partial charge in [-0.1, -0.05) is 15.9 Å². The maximum Gasteiger partial charge on any atom is 0.159 e. The average molecular weight is 287 g/mol. The van der Waals surface area contributed by atoms with Crippen molar-refractivity contribution in [1.82, 2.24) is 15.0 Å². The number of aromatic nitrogens is 3. The summed E-state index contributed by atoms with van der Waals surface area (Å²) in [5, 5.41) is 0.902. The van der Waals surface area contributed by atoms with Crippen LogP contribution in [0.1, 0.15) is 6.92 Å². The Morgan fingerprint density at radius 3 is 3.00 bits per heavy atom. The lowest BCUT2D eigenvalue weighted by Crippen LogP contribution is -2.30. The summed E-state index contributed by atoms with van der Waals surface area (Å²) in [6.45, 7) is 2.13. The van der Waals surface area contributed by atoms with E-state index < -0.39 is 0 Å². The van der Waals surface area contributed by atoms with Gasteiger partial charge < -0.3 is 4.90 Å². The molecule has 80 valence electrons. The average Bonchev–Trinajstić information content (AvgIpc) is 2.74. The highest BCUT2D eigenvalue weighted by Gasteiger charge is 2.14. The molecule has 0 aromatic carbocycles. The fourth-order valence-corrected chi connectivity index (χ4v) is 2.31. The summed E-state index contributed by atoms with van der Waals surface area (Å²) in [6.07, 6.45) is 1.59. The van der Waals surface area contributed by atoms with Crippen LogP contribution in [0.2, 0.25) is 0 Å². The number of anilines is 1. The number of halogens is 1. The third kappa shape index (κ3) is 1.96. The summed E-state index contributed by atoms with van der Waals surface area (Å²) in [4.78, 5) is 15.8. The standard InChI is InChI=1S/C9H11BrN4S/c1-6(3-10)14(2)8-7-9(12-4-11-8)15-5-13-7/h4-6H,3H2,1-2H3. The molecule has 2 aromatic heterocycles. The van der Waals surface area contributed by atoms with E-state index in [0.29, 0.717) is 6.04 Å². The van der Waals surface area contributed by atoms with Crippen LogP contribution in [0, 0.1) is 0 Å². The zero-order valence-corrected chi connectivity index (χ0v) is 10.9. The van der Waals surface area contributed by atoms with Crippen LogP contribution in [-0.2, 0) is 0 Å². The van der Waals surface area contributed by atoms with E-state index in [-0.39, 0.29) is 0 Å². The Morgan fingerprint density at radius 1 is 1.47 bits per heavy atom. The molecule has 0 radical (unpaired) electrons. The number of fused-ring (bicyclic) bond motifs is 1. The fourth-order valence-electron chi connectivity index (χ4n) is 1.25. The van der Waals surface area contributed by atoms with Crippen molar-refractivity contribution >= 4 is 43.4 Å². The summed E-state index contributed by atoms with van der Waals surface area (Å²) in [7, 11) is 2.02. The zero-order valence-electron chi connectivity index (χ0n) is 8.51. The minimum Gasteiger partial charge on any atom is -0.354 e. The molecular formula is C9H11BrN4S. The first-order valence-electron chi connectivity index (χ1n) is 4.57. The fraction of sp³-hybridized carbons (Fsp3) is 0.444. The van der Waals surface area contributed by atoms with E-state index in [1.54, 1.807) is 11.8 Å². The van der Waals surface area contributed by atoms with Crippen LogP contribution in [0.25, 0.3) is 10.3 Å². The summed E-state index contributed by atoms with van der Waals surface area (Å²) in [5.74, 6) is 0.896. The van der Waals surface area contributed by atoms with Crippen molar-refractivity contribution < 1.29 is 0 Å². The molecule has 2 aromatic rings. The minimum absolute atomic E-state index is 0.379. The maximum absolute atomic E-state index is 4.29. The second-order valence-corrected chi connectivity index (χ2v) is 4.80. The Kier molecular flexibility index (Phi) is 3.16. The highest BCUT2D eigenvalue weighted by Crippen LogP contribution is 2.24. The molecule has 0 aliphatic heterocycles. The van der Waals surface area contributed by atoms with E-state index in [1.807, 2.05) is 7.05 Å². The normalized spacial score (nSPS) is 13.0. The Hall–Kier alpha value is -0.750. The predicted molar refractivity (Wildman–Crippen MR) is 66.9 cm³/mol. The van der Waals surface area contributed by atoms with Gasteiger partial charge in [0, 0.05) is 18.4 Å². The third-order valence-corrected chi connectivity index (χ3v) is 4.00. The highest BCUT2D eigenvalue weighted by atomic mass is 79.9. The number of thiazole rings is 1. The van der Waals surface area contributed by atoms with Gasteiger partial charge in [-0.05, 0) is 6.92 Å². The number of hydrogen-bond donors (Lipinski definition) is 0. The summed E-state index contributed by atoms with van der Waals surface area (Å²) in [6, 6.07) is 0.379. The molecule has 6 heteroatoms. The van der Waals surface area contributed by atoms with E-state index in [4.69, 9.17) is 0 Å². The lowest BCUT2D eigenvalue weighted by atomic mass is 10.3. The van der Waals surface area contributed by atoms with Crippen molar-refractivity contribution in [3.63, 3.8) is 0 Å². The third-order valence-electron chi connectivity index (χ3n) is 2.33. The molecule has 2 heterocycles. The Labute approximate surface area is 100 Å². The van der Waals surface area contributed by atoms with Gasteiger partial charge in [0.25, 0.3) is 0 Å². The first-order valence-corrected chi connectivity index (χ1v) is 6.57. The van der Waals surface area contributed by atoms with Crippen LogP contribution >= 0.6 is 27.3 Å². The molecule has 2 rings (SSSR count). The van der Waals surface area contributed by atoms with Crippen molar-refractivity contribution in [2.75, 3.05) is 17.3 Å². The largest absolute Gasteiger partial charge is 0.354 e. The van der Waals surface area contributed by atoms with Crippen LogP contribution < -0.4 is 4.90 Å². The first-order chi connectivity index (χ1) is 7.24. The molecule has 0 saturated heterocycles. The van der Waals surface area contributed by atoms with Gasteiger partial charge in [-0.3, -0.25) is 0 Å². The van der Waals surface area contributed by atoms with Gasteiger partial charge in [0.15, 0.2) is 5.82 Å². The smallest absolute Gasteiger partial charge is 0.159 e. The predicted octanol–water partition coefficient (Wildman–Crippen LogP) is 2.31. The van der Waals surface area contributed by atoms with Crippen LogP contribution in [0.4, 0.5) is 5.82 Å². The Bertz CT molecular complexity index is 458. The van der Waals surface area contributed by atoms with E-state index in [1.165, 1.54) is 11.3 Å². The quantitative estimate of drug-likeness (QED) is 0.812. The van der Waals surface area contributed by atoms with Crippen LogP contribution in [0.5, 0.6) is 0 Å². The van der Waals surface area contributed by atoms with E-state index >= 15 is 0 Å². The van der Waals surface area contributed by atoms with Gasteiger partial charge in [-0.2, -0.15) is 0 Å². The lowest BCUT2D eigenvalue weighted by molar-refractivity contribution is 0.758. The van der Waals surface area contributed by atoms with E-state index in [0.717, 1.165) is 21.5 Å². The van der Waals surface area contributed by atoms with Crippen molar-refractivity contribution in [1.29, 1.82) is 0 Å². The molecule has 4 nitrogen and oxygen atoms in total. The highest BCUT2D eigenvalue weighted by molar-refractivity contribution is 9.09. The SMILES string of the molecule is CC(CBr)N(C)c1ncnc2scnc12. The molecule has 0 aliphatic rings. The summed E-state index contributed by atoms with van der Waals surface area (Å²) in [5.41, 5.74) is 2.69. The monoisotopic (exact) mass is 286 g/mol. The maximum atomic E-state index is 4.29. The number of nitrogens with zero attached hydrogens (tertiary/aromatic N) is 4. The molecule has 1 atom stereocenters. The number of rotatable bonds is 3. The number of hydrogen-bond acceptors (Lipinski definition) is 5. The van der Waals surface area contributed by atoms with Crippen molar-refractivity contribution in [3.8, 4) is 0 Å². The molecule has 0 spiro atoms. The number of alkyl halides is 1. The molecule has 0 aliphatic carbocycles.